The molecule has 3 N–H and O–H groups in total. The molecule has 0 fully saturated rings. The molecule has 2 aromatic heterocycles. The Labute approximate surface area is 241 Å². The van der Waals surface area contributed by atoms with Crippen LogP contribution in [-0.4, -0.2) is 59.0 Å². The topological polar surface area (TPSA) is 152 Å². The summed E-state index contributed by atoms with van der Waals surface area (Å²) >= 11 is 5.89. The van der Waals surface area contributed by atoms with Gasteiger partial charge in [0.25, 0.3) is 0 Å². The van der Waals surface area contributed by atoms with Gasteiger partial charge in [0.15, 0.2) is 35.4 Å². The van der Waals surface area contributed by atoms with Gasteiger partial charge in [-0.2, -0.15) is 13.2 Å². The molecule has 0 saturated heterocycles. The number of amides is 1. The van der Waals surface area contributed by atoms with Crippen LogP contribution in [0.4, 0.5) is 31.1 Å². The van der Waals surface area contributed by atoms with Crippen molar-refractivity contribution in [2.24, 2.45) is 5.73 Å². The number of nitrogens with two attached hydrogens (primary N) is 1. The monoisotopic (exact) mass is 635 g/mol. The number of aliphatic hydroxyl groups is 1. The number of alkyl halides is 6. The van der Waals surface area contributed by atoms with Crippen LogP contribution in [-0.2, 0) is 17.8 Å². The second kappa shape index (κ2) is 12.0. The second-order valence-electron chi connectivity index (χ2n) is 8.83. The molecular weight excluding hydrogens is 616 g/mol. The highest BCUT2D eigenvalue weighted by molar-refractivity contribution is 6.30. The zero-order valence-corrected chi connectivity index (χ0v) is 22.4. The van der Waals surface area contributed by atoms with Gasteiger partial charge in [0.2, 0.25) is 0 Å². The van der Waals surface area contributed by atoms with Crippen molar-refractivity contribution in [1.29, 1.82) is 0 Å². The molecule has 2 aromatic carbocycles. The van der Waals surface area contributed by atoms with Crippen molar-refractivity contribution in [2.45, 2.75) is 44.8 Å². The van der Waals surface area contributed by atoms with Crippen molar-refractivity contribution in [1.82, 2.24) is 29.1 Å². The van der Waals surface area contributed by atoms with Gasteiger partial charge >= 0.3 is 24.3 Å². The lowest BCUT2D eigenvalue weighted by Crippen LogP contribution is -2.37. The highest BCUT2D eigenvalue weighted by Gasteiger charge is 2.39. The first kappa shape index (κ1) is 31.4. The maximum Gasteiger partial charge on any atom is 0.573 e. The van der Waals surface area contributed by atoms with Gasteiger partial charge in [-0.15, -0.1) is 23.4 Å². The Kier molecular flexibility index (Phi) is 8.72. The molecule has 4 rings (SSSR count). The number of halogens is 7. The number of benzene rings is 2. The molecule has 0 aliphatic carbocycles. The first-order chi connectivity index (χ1) is 20.0. The SMILES string of the molecule is C[C@@H](OC(N)=O)c1nc(Cn2nc(-c3ccc(Cl)cc3)n(C[C@H](O)C(F)(F)F)c2=O)nn1-c1ccccc1OC(F)(F)F. The van der Waals surface area contributed by atoms with Gasteiger partial charge in [0, 0.05) is 10.6 Å². The second-order valence-corrected chi connectivity index (χ2v) is 9.27. The fraction of sp³-hybridized carbons (Fsp3) is 0.292. The normalized spacial score (nSPS) is 13.5. The Hall–Kier alpha value is -4.58. The van der Waals surface area contributed by atoms with Crippen molar-refractivity contribution < 1.29 is 45.7 Å². The molecule has 0 aliphatic rings. The van der Waals surface area contributed by atoms with E-state index in [1.165, 1.54) is 49.4 Å². The van der Waals surface area contributed by atoms with Crippen LogP contribution in [0.5, 0.6) is 5.75 Å². The Bertz CT molecular complexity index is 1670. The maximum absolute atomic E-state index is 13.2. The van der Waals surface area contributed by atoms with Crippen LogP contribution < -0.4 is 16.2 Å². The summed E-state index contributed by atoms with van der Waals surface area (Å²) in [6.45, 7) is -0.528. The molecule has 0 spiro atoms. The minimum absolute atomic E-state index is 0.176. The Morgan fingerprint density at radius 2 is 1.72 bits per heavy atom. The summed E-state index contributed by atoms with van der Waals surface area (Å²) in [7, 11) is 0. The standard InChI is InChI=1S/C24H20ClF6N7O5/c1-12(42-21(32)40)19-33-18(34-38(19)15-4-2-3-5-16(15)43-24(29,30)31)11-37-22(41)36(10-17(39)23(26,27)28)20(35-37)13-6-8-14(25)9-7-13/h2-9,12,17,39H,10-11H2,1H3,(H2,32,40)/t12-,17+/m1/s1. The number of hydrogen-bond acceptors (Lipinski definition) is 8. The number of hydrogen-bond donors (Lipinski definition) is 2. The molecule has 230 valence electrons. The van der Waals surface area contributed by atoms with E-state index in [1.807, 2.05) is 0 Å². The van der Waals surface area contributed by atoms with E-state index in [4.69, 9.17) is 22.1 Å². The molecule has 0 bridgehead atoms. The minimum atomic E-state index is -5.09. The van der Waals surface area contributed by atoms with Crippen LogP contribution in [0.3, 0.4) is 0 Å². The average Bonchev–Trinajstić information content (AvgIpc) is 3.45. The molecule has 0 radical (unpaired) electrons. The molecule has 2 heterocycles. The summed E-state index contributed by atoms with van der Waals surface area (Å²) in [6.07, 6.45) is -15.6. The smallest absolute Gasteiger partial charge is 0.438 e. The number of para-hydroxylation sites is 2. The quantitative estimate of drug-likeness (QED) is 0.262. The van der Waals surface area contributed by atoms with E-state index >= 15 is 0 Å². The van der Waals surface area contributed by atoms with E-state index in [1.54, 1.807) is 0 Å². The van der Waals surface area contributed by atoms with Crippen LogP contribution >= 0.6 is 11.6 Å². The van der Waals surface area contributed by atoms with Gasteiger partial charge in [-0.3, -0.25) is 4.57 Å². The lowest BCUT2D eigenvalue weighted by molar-refractivity contribution is -0.274. The Morgan fingerprint density at radius 3 is 2.33 bits per heavy atom. The highest BCUT2D eigenvalue weighted by atomic mass is 35.5. The zero-order chi connectivity index (χ0) is 31.7. The van der Waals surface area contributed by atoms with Gasteiger partial charge < -0.3 is 20.3 Å². The molecule has 12 nitrogen and oxygen atoms in total. The number of rotatable bonds is 9. The first-order valence-electron chi connectivity index (χ1n) is 12.0. The molecule has 43 heavy (non-hydrogen) atoms. The van der Waals surface area contributed by atoms with Crippen LogP contribution in [0.1, 0.15) is 24.7 Å². The van der Waals surface area contributed by atoms with Crippen LogP contribution in [0.2, 0.25) is 5.02 Å². The van der Waals surface area contributed by atoms with Gasteiger partial charge in [-0.1, -0.05) is 23.7 Å². The van der Waals surface area contributed by atoms with Crippen LogP contribution in [0, 0.1) is 0 Å². The number of ether oxygens (including phenoxy) is 2. The summed E-state index contributed by atoms with van der Waals surface area (Å²) in [5.41, 5.74) is 3.86. The summed E-state index contributed by atoms with van der Waals surface area (Å²) in [5, 5.41) is 18.2. The van der Waals surface area contributed by atoms with Crippen molar-refractivity contribution in [2.75, 3.05) is 0 Å². The summed E-state index contributed by atoms with van der Waals surface area (Å²) in [6, 6.07) is 10.4. The maximum atomic E-state index is 13.2. The predicted molar refractivity (Wildman–Crippen MR) is 135 cm³/mol. The third-order valence-electron chi connectivity index (χ3n) is 5.70. The van der Waals surface area contributed by atoms with E-state index in [9.17, 15) is 41.0 Å². The molecule has 4 aromatic rings. The minimum Gasteiger partial charge on any atom is -0.438 e. The van der Waals surface area contributed by atoms with Crippen molar-refractivity contribution in [3.8, 4) is 22.8 Å². The Morgan fingerprint density at radius 1 is 1.07 bits per heavy atom. The Balaban J connectivity index is 1.82. The van der Waals surface area contributed by atoms with Gasteiger partial charge in [-0.25, -0.2) is 23.9 Å². The van der Waals surface area contributed by atoms with E-state index < -0.39 is 55.4 Å². The lowest BCUT2D eigenvalue weighted by atomic mass is 10.2. The van der Waals surface area contributed by atoms with E-state index in [-0.39, 0.29) is 33.7 Å². The third kappa shape index (κ3) is 7.44. The summed E-state index contributed by atoms with van der Waals surface area (Å²) in [5.74, 6) is -1.49. The lowest BCUT2D eigenvalue weighted by Gasteiger charge is -2.16. The number of carbonyl (C=O) groups excluding carboxylic acids is 1. The molecule has 0 saturated carbocycles. The fourth-order valence-corrected chi connectivity index (χ4v) is 4.00. The van der Waals surface area contributed by atoms with Gasteiger partial charge in [0.05, 0.1) is 6.54 Å². The number of primary amides is 1. The molecule has 0 unspecified atom stereocenters. The third-order valence-corrected chi connectivity index (χ3v) is 5.95. The van der Waals surface area contributed by atoms with Crippen LogP contribution in [0.15, 0.2) is 53.3 Å². The molecule has 2 atom stereocenters. The van der Waals surface area contributed by atoms with Crippen molar-refractivity contribution in [3.05, 3.63) is 75.7 Å². The first-order valence-corrected chi connectivity index (χ1v) is 12.4. The summed E-state index contributed by atoms with van der Waals surface area (Å²) < 4.78 is 89.8. The number of carbonyl (C=O) groups is 1. The van der Waals surface area contributed by atoms with E-state index in [2.05, 4.69) is 19.9 Å². The van der Waals surface area contributed by atoms with E-state index in [0.717, 1.165) is 10.7 Å². The zero-order valence-electron chi connectivity index (χ0n) is 21.7. The van der Waals surface area contributed by atoms with Gasteiger partial charge in [0.1, 0.15) is 12.2 Å². The number of nitrogens with zero attached hydrogens (tertiary/aromatic N) is 6. The molecular formula is C24H20ClF6N7O5. The van der Waals surface area contributed by atoms with Gasteiger partial charge in [-0.05, 0) is 43.3 Å². The van der Waals surface area contributed by atoms with Crippen molar-refractivity contribution in [3.63, 3.8) is 0 Å². The largest absolute Gasteiger partial charge is 0.573 e. The van der Waals surface area contributed by atoms with Crippen LogP contribution in [0.25, 0.3) is 17.1 Å². The highest BCUT2D eigenvalue weighted by Crippen LogP contribution is 2.31. The molecule has 1 amide bonds. The molecule has 0 aliphatic heterocycles. The predicted octanol–water partition coefficient (Wildman–Crippen LogP) is 3.97. The summed E-state index contributed by atoms with van der Waals surface area (Å²) in [4.78, 5) is 28.8. The van der Waals surface area contributed by atoms with E-state index in [0.29, 0.717) is 9.25 Å². The number of aliphatic hydroxyl groups excluding tert-OH is 1. The average molecular weight is 636 g/mol. The fourth-order valence-electron chi connectivity index (χ4n) is 3.88. The molecule has 19 heteroatoms. The van der Waals surface area contributed by atoms with Crippen molar-refractivity contribution >= 4 is 17.7 Å². The number of aromatic nitrogens is 6.